The number of aromatic hydroxyl groups is 2. The highest BCUT2D eigenvalue weighted by molar-refractivity contribution is 6.00. The smallest absolute Gasteiger partial charge is 0.415 e. The molecule has 0 aliphatic carbocycles. The van der Waals surface area contributed by atoms with Gasteiger partial charge in [-0.2, -0.15) is 0 Å². The van der Waals surface area contributed by atoms with Gasteiger partial charge in [0.25, 0.3) is 11.8 Å². The quantitative estimate of drug-likeness (QED) is 0.0217. The van der Waals surface area contributed by atoms with Crippen LogP contribution in [0.1, 0.15) is 149 Å². The number of hydrogen-bond acceptors (Lipinski definition) is 15. The fourth-order valence-corrected chi connectivity index (χ4v) is 12.8. The van der Waals surface area contributed by atoms with Gasteiger partial charge >= 0.3 is 6.09 Å². The summed E-state index contributed by atoms with van der Waals surface area (Å²) in [4.78, 5) is 117. The number of phenols is 2. The number of carbonyl (C=O) groups excluding carboxylic acids is 8. The number of amides is 7. The minimum absolute atomic E-state index is 0.0392. The Morgan fingerprint density at radius 3 is 1.84 bits per heavy atom. The number of nitrogens with zero attached hydrogens (tertiary/aromatic N) is 6. The molecule has 0 spiro atoms. The van der Waals surface area contributed by atoms with Crippen molar-refractivity contribution in [3.8, 4) is 34.3 Å². The van der Waals surface area contributed by atoms with Crippen molar-refractivity contribution in [2.45, 2.75) is 161 Å². The third-order valence-corrected chi connectivity index (χ3v) is 18.6. The maximum absolute atomic E-state index is 14.5. The predicted molar refractivity (Wildman–Crippen MR) is 370 cm³/mol. The number of aromatic nitrogens is 3. The van der Waals surface area contributed by atoms with Crippen molar-refractivity contribution in [2.24, 2.45) is 17.8 Å². The first-order valence-corrected chi connectivity index (χ1v) is 34.3. The van der Waals surface area contributed by atoms with Crippen molar-refractivity contribution < 1.29 is 58.0 Å². The van der Waals surface area contributed by atoms with E-state index in [0.717, 1.165) is 29.8 Å². The summed E-state index contributed by atoms with van der Waals surface area (Å²) in [6, 6.07) is 31.0. The van der Waals surface area contributed by atoms with E-state index in [-0.39, 0.29) is 102 Å². The van der Waals surface area contributed by atoms with Crippen LogP contribution in [0.5, 0.6) is 17.2 Å². The maximum Gasteiger partial charge on any atom is 0.415 e. The summed E-state index contributed by atoms with van der Waals surface area (Å²) in [5.41, 5.74) is 3.49. The number of phenolic OH excluding ortho intramolecular Hbond substituents is 2. The van der Waals surface area contributed by atoms with Crippen LogP contribution in [0.4, 0.5) is 4.79 Å². The van der Waals surface area contributed by atoms with Crippen LogP contribution < -0.4 is 31.3 Å². The van der Waals surface area contributed by atoms with Gasteiger partial charge in [0, 0.05) is 68.9 Å². The number of aryl methyl sites for hydroxylation is 1. The molecule has 0 unspecified atom stereocenters. The number of epoxide rings is 1. The monoisotopic (exact) mass is 1340 g/mol. The van der Waals surface area contributed by atoms with Crippen molar-refractivity contribution in [1.29, 1.82) is 0 Å². The Morgan fingerprint density at radius 2 is 1.23 bits per heavy atom. The molecule has 5 atom stereocenters. The highest BCUT2D eigenvalue weighted by Crippen LogP contribution is 2.39. The molecule has 6 aromatic rings. The zero-order valence-electron chi connectivity index (χ0n) is 57.7. The lowest BCUT2D eigenvalue weighted by Gasteiger charge is -2.39. The molecule has 3 aliphatic heterocycles. The summed E-state index contributed by atoms with van der Waals surface area (Å²) < 4.78 is 12.9. The molecule has 1 aromatic heterocycles. The van der Waals surface area contributed by atoms with Gasteiger partial charge < -0.3 is 56.1 Å². The Morgan fingerprint density at radius 1 is 0.653 bits per heavy atom. The average molecular weight is 1340 g/mol. The number of carbonyl (C=O) groups is 8. The van der Waals surface area contributed by atoms with Gasteiger partial charge in [0.1, 0.15) is 41.0 Å². The minimum Gasteiger partial charge on any atom is -0.508 e. The Balaban J connectivity index is 0.762. The van der Waals surface area contributed by atoms with Crippen molar-refractivity contribution in [1.82, 2.24) is 56.0 Å². The number of piperidine rings is 2. The maximum atomic E-state index is 14.5. The highest BCUT2D eigenvalue weighted by atomic mass is 16.6. The molecule has 7 N–H and O–H groups in total. The second-order valence-corrected chi connectivity index (χ2v) is 27.5. The average Bonchev–Trinajstić information content (AvgIpc) is 1.45. The second-order valence-electron chi connectivity index (χ2n) is 27.5. The molecule has 9 rings (SSSR count). The lowest BCUT2D eigenvalue weighted by atomic mass is 9.93. The molecule has 4 heterocycles. The van der Waals surface area contributed by atoms with Crippen LogP contribution in [-0.4, -0.2) is 169 Å². The van der Waals surface area contributed by atoms with Crippen molar-refractivity contribution in [3.05, 3.63) is 155 Å². The number of rotatable bonds is 29. The van der Waals surface area contributed by atoms with Crippen LogP contribution in [0.2, 0.25) is 0 Å². The lowest BCUT2D eigenvalue weighted by molar-refractivity contribution is -0.138. The Hall–Kier alpha value is -9.48. The zero-order chi connectivity index (χ0) is 70.4. The van der Waals surface area contributed by atoms with Crippen molar-refractivity contribution >= 4 is 47.3 Å². The van der Waals surface area contributed by atoms with Crippen LogP contribution in [0.25, 0.3) is 17.1 Å². The van der Waals surface area contributed by atoms with E-state index in [0.29, 0.717) is 81.5 Å². The number of ketones is 1. The SMILES string of the molecule is CCNC(=O)c1nnc(-c2cc(C(C)C)c(O)cc2O)n1-c1ccc(CN2CCC(C(=O)N3CCC(N(C)C(=O)Oc4ccc(C(=O)N[C@@H](CCc5ccccc5)C(=O)N[C@@H](CC(C)C)C(=O)N[C@@H](Cc5ccccc5)C(=O)N[C@@H](CC(C)C)C(=O)[C@@]5(C)CO5)cc4)CC3)CC2)cc1. The third-order valence-electron chi connectivity index (χ3n) is 18.6. The van der Waals surface area contributed by atoms with Gasteiger partial charge in [-0.25, -0.2) is 4.79 Å². The fraction of sp³-hybridized carbons (Fsp3) is 0.467. The highest BCUT2D eigenvalue weighted by Gasteiger charge is 2.50. The molecule has 0 radical (unpaired) electrons. The Labute approximate surface area is 573 Å². The van der Waals surface area contributed by atoms with E-state index in [1.807, 2.05) is 138 Å². The number of ether oxygens (including phenoxy) is 2. The molecule has 522 valence electrons. The Kier molecular flexibility index (Phi) is 24.6. The second kappa shape index (κ2) is 33.2. The van der Waals surface area contributed by atoms with Crippen LogP contribution in [0, 0.1) is 17.8 Å². The minimum atomic E-state index is -1.12. The Bertz CT molecular complexity index is 3750. The first kappa shape index (κ1) is 72.8. The van der Waals surface area contributed by atoms with Gasteiger partial charge in [-0.15, -0.1) is 10.2 Å². The van der Waals surface area contributed by atoms with Crippen LogP contribution in [-0.2, 0) is 48.1 Å². The van der Waals surface area contributed by atoms with Crippen LogP contribution in [0.15, 0.2) is 121 Å². The summed E-state index contributed by atoms with van der Waals surface area (Å²) >= 11 is 0. The normalized spacial score (nSPS) is 17.1. The molecular formula is C75H95N11O12. The summed E-state index contributed by atoms with van der Waals surface area (Å²) in [5, 5.41) is 44.5. The van der Waals surface area contributed by atoms with Gasteiger partial charge in [0.15, 0.2) is 11.6 Å². The molecule has 3 aliphatic rings. The van der Waals surface area contributed by atoms with Gasteiger partial charge in [-0.3, -0.25) is 43.0 Å². The van der Waals surface area contributed by atoms with E-state index in [4.69, 9.17) is 9.47 Å². The summed E-state index contributed by atoms with van der Waals surface area (Å²) in [7, 11) is 1.67. The summed E-state index contributed by atoms with van der Waals surface area (Å²) in [5.74, 6) is -2.81. The molecule has 3 fully saturated rings. The van der Waals surface area contributed by atoms with E-state index in [1.165, 1.54) is 30.3 Å². The number of hydrogen-bond donors (Lipinski definition) is 7. The zero-order valence-corrected chi connectivity index (χ0v) is 57.7. The standard InChI is InChI=1S/C75H95N11O12/c1-10-76-72(94)67-82-81-66(58-42-57(48(6)7)63(87)43-64(58)88)86(67)55-26-21-51(22-27-55)44-84-35-31-53(32-36-84)73(95)85-37-33-54(34-38-85)83(9)74(96)98-56-28-24-52(25-29-56)68(90)77-59(30-23-49-17-13-11-14-18-49)69(91)79-61(40-47(4)5)70(92)80-62(41-50-19-15-12-16-20-50)71(93)78-60(39-46(2)3)65(89)75(8)45-97-75/h11-22,24-29,42-43,46-48,53-54,59-62,87-88H,10,23,30-41,44-45H2,1-9H3,(H,76,94)(H,77,90)(H,78,93)(H,79,91)(H,80,92)/t59-,60-,61-,62-,75+/m0/s1. The van der Waals surface area contributed by atoms with E-state index in [2.05, 4.69) is 41.7 Å². The molecule has 98 heavy (non-hydrogen) atoms. The van der Waals surface area contributed by atoms with Crippen molar-refractivity contribution in [3.63, 3.8) is 0 Å². The summed E-state index contributed by atoms with van der Waals surface area (Å²) in [6.45, 7) is 18.8. The van der Waals surface area contributed by atoms with Crippen LogP contribution >= 0.6 is 0 Å². The molecule has 7 amide bonds. The molecular weight excluding hydrogens is 1250 g/mol. The van der Waals surface area contributed by atoms with E-state index < -0.39 is 65.4 Å². The molecule has 3 saturated heterocycles. The van der Waals surface area contributed by atoms with Gasteiger partial charge in [-0.1, -0.05) is 114 Å². The molecule has 0 saturated carbocycles. The first-order chi connectivity index (χ1) is 46.9. The molecule has 0 bridgehead atoms. The largest absolute Gasteiger partial charge is 0.508 e. The summed E-state index contributed by atoms with van der Waals surface area (Å²) in [6.07, 6.45) is 3.21. The number of nitrogens with one attached hydrogen (secondary N) is 5. The number of benzene rings is 5. The fourth-order valence-electron chi connectivity index (χ4n) is 12.8. The van der Waals surface area contributed by atoms with Gasteiger partial charge in [-0.05, 0) is 161 Å². The van der Waals surface area contributed by atoms with Crippen molar-refractivity contribution in [2.75, 3.05) is 46.4 Å². The van der Waals surface area contributed by atoms with E-state index >= 15 is 0 Å². The first-order valence-electron chi connectivity index (χ1n) is 34.3. The van der Waals surface area contributed by atoms with Crippen LogP contribution in [0.3, 0.4) is 0 Å². The number of Topliss-reactive ketones (excluding diaryl/α,β-unsaturated/α-hetero) is 1. The molecule has 23 heteroatoms. The third kappa shape index (κ3) is 19.0. The number of likely N-dealkylation sites (tertiary alicyclic amines) is 2. The molecule has 5 aromatic carbocycles. The van der Waals surface area contributed by atoms with E-state index in [9.17, 15) is 48.6 Å². The van der Waals surface area contributed by atoms with E-state index in [1.54, 1.807) is 29.5 Å². The van der Waals surface area contributed by atoms with Gasteiger partial charge in [0.2, 0.25) is 29.5 Å². The molecule has 23 nitrogen and oxygen atoms in total. The topological polar surface area (TPSA) is 299 Å². The van der Waals surface area contributed by atoms with Gasteiger partial charge in [0.05, 0.1) is 18.2 Å². The lowest BCUT2D eigenvalue weighted by Crippen LogP contribution is -2.59. The predicted octanol–water partition coefficient (Wildman–Crippen LogP) is 8.43.